The van der Waals surface area contributed by atoms with Crippen LogP contribution in [0.15, 0.2) is 34.3 Å². The van der Waals surface area contributed by atoms with Crippen LogP contribution in [0.5, 0.6) is 0 Å². The summed E-state index contributed by atoms with van der Waals surface area (Å²) >= 11 is 0. The third-order valence-electron chi connectivity index (χ3n) is 1.31. The summed E-state index contributed by atoms with van der Waals surface area (Å²) in [5.74, 6) is 0. The second-order valence-corrected chi connectivity index (χ2v) is 3.79. The molecule has 0 unspecified atom stereocenters. The number of rotatable bonds is 2. The zero-order valence-electron chi connectivity index (χ0n) is 6.45. The standard InChI is InChI=1S/C6H6N4O2S/c7-10-9-5-2-1-3-6(4-5)13(8,11)12/h1-4H,(H2,8,11,12). The van der Waals surface area contributed by atoms with E-state index in [1.165, 1.54) is 24.3 Å². The molecule has 0 aliphatic heterocycles. The number of nitrogens with zero attached hydrogens (tertiary/aromatic N) is 3. The number of primary sulfonamides is 1. The van der Waals surface area contributed by atoms with Crippen molar-refractivity contribution < 1.29 is 8.42 Å². The summed E-state index contributed by atoms with van der Waals surface area (Å²) in [6, 6.07) is 5.46. The van der Waals surface area contributed by atoms with Gasteiger partial charge in [-0.3, -0.25) is 0 Å². The lowest BCUT2D eigenvalue weighted by atomic mass is 10.3. The van der Waals surface area contributed by atoms with Crippen molar-refractivity contribution in [3.8, 4) is 0 Å². The molecule has 0 bridgehead atoms. The summed E-state index contributed by atoms with van der Waals surface area (Å²) in [4.78, 5) is 2.45. The first-order chi connectivity index (χ1) is 6.04. The molecule has 0 heterocycles. The zero-order valence-corrected chi connectivity index (χ0v) is 7.27. The third-order valence-corrected chi connectivity index (χ3v) is 2.22. The van der Waals surface area contributed by atoms with Gasteiger partial charge in [0.1, 0.15) is 0 Å². The largest absolute Gasteiger partial charge is 0.238 e. The molecule has 1 rings (SSSR count). The highest BCUT2D eigenvalue weighted by molar-refractivity contribution is 7.89. The molecule has 2 N–H and O–H groups in total. The molecule has 0 aliphatic carbocycles. The van der Waals surface area contributed by atoms with Gasteiger partial charge in [0.05, 0.1) is 4.90 Å². The summed E-state index contributed by atoms with van der Waals surface area (Å²) < 4.78 is 21.7. The highest BCUT2D eigenvalue weighted by Crippen LogP contribution is 2.16. The maximum Gasteiger partial charge on any atom is 0.238 e. The molecule has 0 saturated heterocycles. The molecule has 0 fully saturated rings. The third kappa shape index (κ3) is 2.45. The predicted octanol–water partition coefficient (Wildman–Crippen LogP) is 1.28. The number of sulfonamides is 1. The molecule has 0 spiro atoms. The van der Waals surface area contributed by atoms with Crippen LogP contribution in [0.4, 0.5) is 5.69 Å². The molecule has 13 heavy (non-hydrogen) atoms. The minimum atomic E-state index is -3.73. The van der Waals surface area contributed by atoms with Gasteiger partial charge in [-0.25, -0.2) is 13.6 Å². The summed E-state index contributed by atoms with van der Waals surface area (Å²) in [7, 11) is -3.73. The van der Waals surface area contributed by atoms with Crippen LogP contribution in [0.1, 0.15) is 0 Å². The Balaban J connectivity index is 3.28. The quantitative estimate of drug-likeness (QED) is 0.438. The Morgan fingerprint density at radius 3 is 2.69 bits per heavy atom. The molecule has 0 aromatic heterocycles. The van der Waals surface area contributed by atoms with Crippen molar-refractivity contribution in [2.24, 2.45) is 10.3 Å². The molecule has 6 nitrogen and oxygen atoms in total. The van der Waals surface area contributed by atoms with Crippen LogP contribution in [0, 0.1) is 0 Å². The Morgan fingerprint density at radius 2 is 2.15 bits per heavy atom. The lowest BCUT2D eigenvalue weighted by molar-refractivity contribution is 0.598. The molecular weight excluding hydrogens is 192 g/mol. The molecule has 0 atom stereocenters. The Labute approximate surface area is 74.7 Å². The summed E-state index contributed by atoms with van der Waals surface area (Å²) in [5, 5.41) is 8.10. The summed E-state index contributed by atoms with van der Waals surface area (Å²) in [6.07, 6.45) is 0. The van der Waals surface area contributed by atoms with Crippen molar-refractivity contribution in [1.82, 2.24) is 0 Å². The van der Waals surface area contributed by atoms with Gasteiger partial charge >= 0.3 is 0 Å². The number of hydrogen-bond acceptors (Lipinski definition) is 3. The van der Waals surface area contributed by atoms with Gasteiger partial charge in [0, 0.05) is 10.6 Å². The van der Waals surface area contributed by atoms with E-state index in [0.717, 1.165) is 0 Å². The van der Waals surface area contributed by atoms with Crippen molar-refractivity contribution >= 4 is 15.7 Å². The van der Waals surface area contributed by atoms with E-state index in [1.54, 1.807) is 0 Å². The first-order valence-corrected chi connectivity index (χ1v) is 4.76. The monoisotopic (exact) mass is 198 g/mol. The van der Waals surface area contributed by atoms with E-state index in [9.17, 15) is 8.42 Å². The molecule has 0 amide bonds. The maximum atomic E-state index is 10.8. The summed E-state index contributed by atoms with van der Waals surface area (Å²) in [6.45, 7) is 0. The summed E-state index contributed by atoms with van der Waals surface area (Å²) in [5.41, 5.74) is 8.31. The number of benzene rings is 1. The van der Waals surface area contributed by atoms with E-state index < -0.39 is 10.0 Å². The molecule has 0 aliphatic rings. The van der Waals surface area contributed by atoms with E-state index in [0.29, 0.717) is 0 Å². The lowest BCUT2D eigenvalue weighted by Gasteiger charge is -1.97. The highest BCUT2D eigenvalue weighted by atomic mass is 32.2. The number of azide groups is 1. The van der Waals surface area contributed by atoms with Crippen LogP contribution >= 0.6 is 0 Å². The fourth-order valence-corrected chi connectivity index (χ4v) is 1.33. The maximum absolute atomic E-state index is 10.8. The first-order valence-electron chi connectivity index (χ1n) is 3.22. The van der Waals surface area contributed by atoms with Crippen molar-refractivity contribution in [2.45, 2.75) is 4.90 Å². The highest BCUT2D eigenvalue weighted by Gasteiger charge is 2.06. The normalized spacial score (nSPS) is 10.5. The Morgan fingerprint density at radius 1 is 1.46 bits per heavy atom. The van der Waals surface area contributed by atoms with Crippen molar-refractivity contribution in [3.05, 3.63) is 34.7 Å². The van der Waals surface area contributed by atoms with Crippen molar-refractivity contribution in [1.29, 1.82) is 0 Å². The van der Waals surface area contributed by atoms with Gasteiger partial charge in [-0.05, 0) is 17.7 Å². The van der Waals surface area contributed by atoms with Crippen LogP contribution in [0.2, 0.25) is 0 Å². The fraction of sp³-hybridized carbons (Fsp3) is 0. The van der Waals surface area contributed by atoms with Crippen molar-refractivity contribution in [2.75, 3.05) is 0 Å². The SMILES string of the molecule is [N-]=[N+]=Nc1cccc(S(N)(=O)=O)c1. The Hall–Kier alpha value is -1.56. The average molecular weight is 198 g/mol. The van der Waals surface area contributed by atoms with E-state index in [2.05, 4.69) is 10.0 Å². The van der Waals surface area contributed by atoms with Gasteiger partial charge in [0.25, 0.3) is 0 Å². The average Bonchev–Trinajstić information content (AvgIpc) is 2.04. The van der Waals surface area contributed by atoms with E-state index in [-0.39, 0.29) is 10.6 Å². The number of nitrogens with two attached hydrogens (primary N) is 1. The van der Waals surface area contributed by atoms with Crippen LogP contribution in [-0.4, -0.2) is 8.42 Å². The first kappa shape index (κ1) is 9.53. The van der Waals surface area contributed by atoms with Crippen molar-refractivity contribution in [3.63, 3.8) is 0 Å². The second kappa shape index (κ2) is 3.44. The van der Waals surface area contributed by atoms with Crippen LogP contribution in [-0.2, 0) is 10.0 Å². The molecule has 1 aromatic carbocycles. The lowest BCUT2D eigenvalue weighted by Crippen LogP contribution is -2.11. The van der Waals surface area contributed by atoms with Gasteiger partial charge in [0.15, 0.2) is 0 Å². The van der Waals surface area contributed by atoms with Crippen LogP contribution in [0.3, 0.4) is 0 Å². The van der Waals surface area contributed by atoms with Gasteiger partial charge in [-0.2, -0.15) is 0 Å². The molecule has 0 saturated carbocycles. The van der Waals surface area contributed by atoms with Gasteiger partial charge in [0.2, 0.25) is 10.0 Å². The smallest absolute Gasteiger partial charge is 0.225 e. The Bertz CT molecular complexity index is 461. The number of hydrogen-bond donors (Lipinski definition) is 1. The van der Waals surface area contributed by atoms with Gasteiger partial charge < -0.3 is 0 Å². The van der Waals surface area contributed by atoms with E-state index >= 15 is 0 Å². The molecule has 68 valence electrons. The molecule has 0 radical (unpaired) electrons. The van der Waals surface area contributed by atoms with Gasteiger partial charge in [-0.1, -0.05) is 17.2 Å². The van der Waals surface area contributed by atoms with E-state index in [4.69, 9.17) is 10.7 Å². The molecule has 7 heteroatoms. The minimum absolute atomic E-state index is 0.0719. The molecular formula is C6H6N4O2S. The molecule has 1 aromatic rings. The minimum Gasteiger partial charge on any atom is -0.225 e. The Kier molecular flexibility index (Phi) is 2.52. The van der Waals surface area contributed by atoms with Crippen LogP contribution in [0.25, 0.3) is 10.4 Å². The van der Waals surface area contributed by atoms with Crippen LogP contribution < -0.4 is 5.14 Å². The predicted molar refractivity (Wildman–Crippen MR) is 46.6 cm³/mol. The fourth-order valence-electron chi connectivity index (χ4n) is 0.774. The topological polar surface area (TPSA) is 109 Å². The second-order valence-electron chi connectivity index (χ2n) is 2.23. The zero-order chi connectivity index (χ0) is 9.90. The van der Waals surface area contributed by atoms with E-state index in [1.807, 2.05) is 0 Å². The van der Waals surface area contributed by atoms with Gasteiger partial charge in [-0.15, -0.1) is 0 Å².